The van der Waals surface area contributed by atoms with E-state index in [9.17, 15) is 4.39 Å². The molecule has 2 bridgehead atoms. The zero-order valence-electron chi connectivity index (χ0n) is 12.2. The third kappa shape index (κ3) is 2.01. The molecule has 0 spiro atoms. The van der Waals surface area contributed by atoms with E-state index in [0.717, 1.165) is 4.70 Å². The molecule has 0 radical (unpaired) electrons. The van der Waals surface area contributed by atoms with Crippen LogP contribution in [0.1, 0.15) is 31.7 Å². The van der Waals surface area contributed by atoms with Gasteiger partial charge in [0.05, 0.1) is 0 Å². The van der Waals surface area contributed by atoms with Crippen molar-refractivity contribution in [3.63, 3.8) is 0 Å². The van der Waals surface area contributed by atoms with E-state index in [1.54, 1.807) is 23.5 Å². The van der Waals surface area contributed by atoms with Crippen molar-refractivity contribution in [1.29, 1.82) is 0 Å². The molecule has 2 aromatic rings. The van der Waals surface area contributed by atoms with Gasteiger partial charge in [-0.25, -0.2) is 4.39 Å². The van der Waals surface area contributed by atoms with Crippen LogP contribution in [0.3, 0.4) is 0 Å². The summed E-state index contributed by atoms with van der Waals surface area (Å²) in [5.74, 6) is 0.527. The van der Waals surface area contributed by atoms with Crippen molar-refractivity contribution in [3.8, 4) is 0 Å². The topological polar surface area (TPSA) is 12.0 Å². The molecule has 4 heteroatoms. The lowest BCUT2D eigenvalue weighted by atomic mass is 9.83. The number of fused-ring (bicyclic) bond motifs is 3. The fraction of sp³-hybridized carbons (Fsp3) is 0.412. The van der Waals surface area contributed by atoms with Gasteiger partial charge in [-0.05, 0) is 53.8 Å². The van der Waals surface area contributed by atoms with Crippen LogP contribution in [0.4, 0.5) is 4.39 Å². The second kappa shape index (κ2) is 4.99. The van der Waals surface area contributed by atoms with Crippen LogP contribution in [-0.4, -0.2) is 7.05 Å². The van der Waals surface area contributed by atoms with E-state index in [1.807, 2.05) is 13.1 Å². The predicted molar refractivity (Wildman–Crippen MR) is 90.5 cm³/mol. The molecular weight excluding hydrogens is 305 g/mol. The van der Waals surface area contributed by atoms with Gasteiger partial charge in [0.1, 0.15) is 5.82 Å². The number of rotatable bonds is 2. The molecule has 1 saturated carbocycles. The zero-order chi connectivity index (χ0) is 13.9. The summed E-state index contributed by atoms with van der Waals surface area (Å²) < 4.78 is 14.4. The van der Waals surface area contributed by atoms with Gasteiger partial charge in [0.15, 0.2) is 0 Å². The van der Waals surface area contributed by atoms with Crippen LogP contribution in [0.5, 0.6) is 0 Å². The van der Waals surface area contributed by atoms with Gasteiger partial charge in [0.2, 0.25) is 0 Å². The Bertz CT molecular complexity index is 735. The lowest BCUT2D eigenvalue weighted by molar-refractivity contribution is 0.404. The van der Waals surface area contributed by atoms with Crippen LogP contribution in [0.2, 0.25) is 0 Å². The Kier molecular flexibility index (Phi) is 3.53. The van der Waals surface area contributed by atoms with Crippen molar-refractivity contribution in [1.82, 2.24) is 5.32 Å². The minimum atomic E-state index is -0.145. The number of benzene rings is 1. The lowest BCUT2D eigenvalue weighted by Crippen LogP contribution is -2.23. The normalized spacial score (nSPS) is 27.3. The number of allylic oxidation sites excluding steroid dienone is 2. The molecule has 0 saturated heterocycles. The Morgan fingerprint density at radius 2 is 2.19 bits per heavy atom. The Balaban J connectivity index is 0.00000132. The summed E-state index contributed by atoms with van der Waals surface area (Å²) in [4.78, 5) is 0. The number of nitrogens with one attached hydrogen (secondary N) is 1. The fourth-order valence-corrected chi connectivity index (χ4v) is 5.23. The molecule has 1 N–H and O–H groups in total. The molecule has 0 aliphatic heterocycles. The molecule has 4 rings (SSSR count). The molecule has 1 heterocycles. The molecule has 21 heavy (non-hydrogen) atoms. The van der Waals surface area contributed by atoms with E-state index in [4.69, 9.17) is 0 Å². The molecule has 2 aliphatic rings. The summed E-state index contributed by atoms with van der Waals surface area (Å²) in [5, 5.41) is 6.87. The van der Waals surface area contributed by atoms with Crippen LogP contribution >= 0.6 is 23.7 Å². The SMILES string of the molecule is CNC1=C(c2csc3cc(F)ccc23)C2CCC1(C)C2.Cl. The van der Waals surface area contributed by atoms with E-state index >= 15 is 0 Å². The summed E-state index contributed by atoms with van der Waals surface area (Å²) in [5.41, 5.74) is 4.54. The minimum absolute atomic E-state index is 0. The molecular formula is C17H19ClFNS. The highest BCUT2D eigenvalue weighted by atomic mass is 35.5. The first-order valence-corrected chi connectivity index (χ1v) is 8.10. The van der Waals surface area contributed by atoms with Crippen LogP contribution in [0.15, 0.2) is 29.3 Å². The standard InChI is InChI=1S/C17H18FNS.ClH/c1-17-6-5-10(8-17)15(16(17)19-2)13-9-20-14-7-11(18)3-4-12(13)14;/h3-4,7,9-10,19H,5-6,8H2,1-2H3;1H. The van der Waals surface area contributed by atoms with Gasteiger partial charge in [-0.15, -0.1) is 23.7 Å². The highest BCUT2D eigenvalue weighted by Gasteiger charge is 2.48. The maximum Gasteiger partial charge on any atom is 0.124 e. The maximum absolute atomic E-state index is 13.4. The molecule has 2 atom stereocenters. The fourth-order valence-electron chi connectivity index (χ4n) is 4.25. The van der Waals surface area contributed by atoms with Crippen molar-refractivity contribution in [2.45, 2.75) is 26.2 Å². The molecule has 112 valence electrons. The van der Waals surface area contributed by atoms with Gasteiger partial charge < -0.3 is 5.32 Å². The average Bonchev–Trinajstić information content (AvgIpc) is 3.06. The second-order valence-corrected chi connectivity index (χ2v) is 7.24. The number of halogens is 2. The van der Waals surface area contributed by atoms with Crippen molar-refractivity contribution in [3.05, 3.63) is 40.7 Å². The van der Waals surface area contributed by atoms with Crippen LogP contribution in [0.25, 0.3) is 15.7 Å². The third-order valence-corrected chi connectivity index (χ3v) is 6.05. The Hall–Kier alpha value is -1.06. The molecule has 0 amide bonds. The van der Waals surface area contributed by atoms with Crippen LogP contribution in [-0.2, 0) is 0 Å². The van der Waals surface area contributed by atoms with E-state index in [1.165, 1.54) is 41.5 Å². The van der Waals surface area contributed by atoms with Gasteiger partial charge >= 0.3 is 0 Å². The highest BCUT2D eigenvalue weighted by molar-refractivity contribution is 7.17. The molecule has 1 aromatic heterocycles. The maximum atomic E-state index is 13.4. The Morgan fingerprint density at radius 1 is 1.38 bits per heavy atom. The first kappa shape index (κ1) is 14.9. The van der Waals surface area contributed by atoms with Crippen LogP contribution < -0.4 is 5.32 Å². The zero-order valence-corrected chi connectivity index (χ0v) is 13.8. The van der Waals surface area contributed by atoms with E-state index in [-0.39, 0.29) is 18.2 Å². The van der Waals surface area contributed by atoms with Gasteiger partial charge in [0, 0.05) is 28.2 Å². The number of hydrogen-bond acceptors (Lipinski definition) is 2. The first-order chi connectivity index (χ1) is 9.62. The smallest absolute Gasteiger partial charge is 0.124 e. The van der Waals surface area contributed by atoms with E-state index in [2.05, 4.69) is 17.6 Å². The van der Waals surface area contributed by atoms with Crippen LogP contribution in [0, 0.1) is 17.2 Å². The molecule has 1 fully saturated rings. The summed E-state index contributed by atoms with van der Waals surface area (Å²) in [6.45, 7) is 2.38. The summed E-state index contributed by atoms with van der Waals surface area (Å²) in [6, 6.07) is 5.16. The lowest BCUT2D eigenvalue weighted by Gasteiger charge is -2.27. The van der Waals surface area contributed by atoms with Crippen molar-refractivity contribution in [2.24, 2.45) is 11.3 Å². The molecule has 2 aliphatic carbocycles. The number of thiophene rings is 1. The molecule has 1 aromatic carbocycles. The van der Waals surface area contributed by atoms with Gasteiger partial charge in [-0.1, -0.05) is 13.0 Å². The van der Waals surface area contributed by atoms with Crippen molar-refractivity contribution in [2.75, 3.05) is 7.05 Å². The van der Waals surface area contributed by atoms with Gasteiger partial charge in [0.25, 0.3) is 0 Å². The first-order valence-electron chi connectivity index (χ1n) is 7.22. The average molecular weight is 324 g/mol. The van der Waals surface area contributed by atoms with Crippen molar-refractivity contribution < 1.29 is 4.39 Å². The highest BCUT2D eigenvalue weighted by Crippen LogP contribution is 2.59. The van der Waals surface area contributed by atoms with Gasteiger partial charge in [-0.3, -0.25) is 0 Å². The summed E-state index contributed by atoms with van der Waals surface area (Å²) in [6.07, 6.45) is 3.83. The van der Waals surface area contributed by atoms with Crippen molar-refractivity contribution >= 4 is 39.4 Å². The Labute approximate surface area is 134 Å². The quantitative estimate of drug-likeness (QED) is 0.799. The number of hydrogen-bond donors (Lipinski definition) is 1. The Morgan fingerprint density at radius 3 is 2.95 bits per heavy atom. The van der Waals surface area contributed by atoms with Gasteiger partial charge in [-0.2, -0.15) is 0 Å². The largest absolute Gasteiger partial charge is 0.391 e. The minimum Gasteiger partial charge on any atom is -0.391 e. The summed E-state index contributed by atoms with van der Waals surface area (Å²) in [7, 11) is 2.04. The summed E-state index contributed by atoms with van der Waals surface area (Å²) >= 11 is 1.65. The second-order valence-electron chi connectivity index (χ2n) is 6.33. The monoisotopic (exact) mass is 323 g/mol. The predicted octanol–water partition coefficient (Wildman–Crippen LogP) is 5.21. The third-order valence-electron chi connectivity index (χ3n) is 5.10. The molecule has 2 unspecified atom stereocenters. The molecule has 1 nitrogen and oxygen atoms in total. The van der Waals surface area contributed by atoms with E-state index < -0.39 is 0 Å². The van der Waals surface area contributed by atoms with E-state index in [0.29, 0.717) is 11.3 Å².